The van der Waals surface area contributed by atoms with Crippen LogP contribution in [0.4, 0.5) is 0 Å². The van der Waals surface area contributed by atoms with E-state index in [0.29, 0.717) is 0 Å². The molecule has 436 valence electrons. The number of thioether (sulfide) groups is 1. The number of carboxylic acids is 3. The predicted octanol–water partition coefficient (Wildman–Crippen LogP) is -8.79. The third-order valence-electron chi connectivity index (χ3n) is 11.1. The Morgan fingerprint density at radius 3 is 1.44 bits per heavy atom. The highest BCUT2D eigenvalue weighted by molar-refractivity contribution is 7.98. The summed E-state index contributed by atoms with van der Waals surface area (Å²) >= 11 is 1.23. The van der Waals surface area contributed by atoms with Crippen LogP contribution in [0.25, 0.3) is 0 Å². The van der Waals surface area contributed by atoms with Gasteiger partial charge < -0.3 is 101 Å². The Bertz CT molecular complexity index is 2120. The second-order valence-electron chi connectivity index (χ2n) is 17.4. The minimum absolute atomic E-state index is 0.0303. The van der Waals surface area contributed by atoms with Crippen molar-refractivity contribution in [3.05, 3.63) is 0 Å². The molecule has 23 N–H and O–H groups in total. The Morgan fingerprint density at radius 2 is 0.974 bits per heavy atom. The molecule has 0 saturated carbocycles. The lowest BCUT2D eigenvalue weighted by Gasteiger charge is -2.29. The van der Waals surface area contributed by atoms with Crippen LogP contribution in [0.5, 0.6) is 0 Å². The summed E-state index contributed by atoms with van der Waals surface area (Å²) in [6.07, 6.45) is -2.97. The number of aliphatic hydroxyl groups excluding tert-OH is 3. The minimum Gasteiger partial charge on any atom is -0.481 e. The lowest BCUT2D eigenvalue weighted by Crippen LogP contribution is -2.62. The van der Waals surface area contributed by atoms with Gasteiger partial charge in [0.15, 0.2) is 5.96 Å². The van der Waals surface area contributed by atoms with Crippen LogP contribution in [0.1, 0.15) is 79.1 Å². The molecule has 0 saturated heterocycles. The van der Waals surface area contributed by atoms with E-state index in [1.807, 2.05) is 0 Å². The van der Waals surface area contributed by atoms with E-state index in [9.17, 15) is 82.8 Å². The van der Waals surface area contributed by atoms with Gasteiger partial charge in [-0.15, -0.1) is 0 Å². The maximum atomic E-state index is 13.8. The van der Waals surface area contributed by atoms with Crippen molar-refractivity contribution in [3.63, 3.8) is 0 Å². The number of amides is 10. The average Bonchev–Trinajstić information content (AvgIpc) is 3.34. The SMILES string of the molecule is CCC(C)C(NC(=O)C(NC(=O)C(CCCN=C(N)N)NC(=O)C(C)NC(=O)C(CCSC)NC(=O)C(CO)NC(=O)C(CO)NC(=O)C(CCC(=O)O)NC(=O)C(N)CC(=O)O)C(C)O)C(=O)NC(CC(N)=O)C(=O)O. The van der Waals surface area contributed by atoms with Gasteiger partial charge in [-0.1, -0.05) is 20.3 Å². The number of primary amides is 1. The van der Waals surface area contributed by atoms with Crippen molar-refractivity contribution < 1.29 is 93.0 Å². The second-order valence-corrected chi connectivity index (χ2v) is 18.4. The molecule has 0 bridgehead atoms. The third kappa shape index (κ3) is 26.8. The summed E-state index contributed by atoms with van der Waals surface area (Å²) in [5.41, 5.74) is 21.5. The number of aliphatic carboxylic acids is 3. The molecule has 0 aliphatic rings. The summed E-state index contributed by atoms with van der Waals surface area (Å²) in [6, 6.07) is -16.7. The molecule has 0 aromatic carbocycles. The molecule has 0 aliphatic heterocycles. The van der Waals surface area contributed by atoms with Crippen molar-refractivity contribution in [1.82, 2.24) is 47.9 Å². The molecule has 12 unspecified atom stereocenters. The Hall–Kier alpha value is -7.43. The molecule has 0 heterocycles. The van der Waals surface area contributed by atoms with Crippen LogP contribution in [-0.4, -0.2) is 212 Å². The summed E-state index contributed by atoms with van der Waals surface area (Å²) in [5, 5.41) is 78.4. The number of nitrogens with two attached hydrogens (primary N) is 4. The minimum atomic E-state index is -1.90. The largest absolute Gasteiger partial charge is 0.481 e. The number of nitrogens with one attached hydrogen (secondary N) is 9. The number of aliphatic hydroxyl groups is 3. The standard InChI is InChI=1S/C43H74N14O19S/c1-6-18(2)31(40(73)53-25(42(75)76)15-28(45)61)56-41(74)32(20(4)60)57-37(70)22(8-7-12-48-43(46)47)50-33(66)19(3)49-35(68)24(11-13-77-5)52-38(71)26(16-58)55-39(72)27(17-59)54-36(69)23(9-10-29(62)63)51-34(67)21(44)14-30(64)65/h18-27,31-32,58-60H,6-17,44H2,1-5H3,(H2,45,61)(H,49,68)(H,50,66)(H,51,67)(H,52,71)(H,53,73)(H,54,69)(H,55,72)(H,56,74)(H,57,70)(H,62,63)(H,64,65)(H,75,76)(H4,46,47,48). The second kappa shape index (κ2) is 35.8. The van der Waals surface area contributed by atoms with E-state index < -0.39 is 188 Å². The van der Waals surface area contributed by atoms with E-state index in [-0.39, 0.29) is 43.9 Å². The molecule has 0 aromatic rings. The third-order valence-corrected chi connectivity index (χ3v) is 11.7. The molecule has 0 aromatic heterocycles. The maximum Gasteiger partial charge on any atom is 0.326 e. The van der Waals surface area contributed by atoms with Crippen molar-refractivity contribution in [1.29, 1.82) is 0 Å². The fraction of sp³-hybridized carbons (Fsp3) is 0.674. The molecule has 0 fully saturated rings. The summed E-state index contributed by atoms with van der Waals surface area (Å²) in [4.78, 5) is 169. The first-order valence-corrected chi connectivity index (χ1v) is 25.2. The number of carbonyl (C=O) groups is 13. The van der Waals surface area contributed by atoms with E-state index in [2.05, 4.69) is 52.8 Å². The molecule has 0 spiro atoms. The Labute approximate surface area is 445 Å². The lowest BCUT2D eigenvalue weighted by atomic mass is 9.97. The predicted molar refractivity (Wildman–Crippen MR) is 270 cm³/mol. The van der Waals surface area contributed by atoms with Crippen LogP contribution in [0.3, 0.4) is 0 Å². The first kappa shape index (κ1) is 69.6. The number of hydrogen-bond donors (Lipinski definition) is 19. The first-order valence-electron chi connectivity index (χ1n) is 23.8. The van der Waals surface area contributed by atoms with Crippen molar-refractivity contribution in [3.8, 4) is 0 Å². The molecule has 33 nitrogen and oxygen atoms in total. The van der Waals surface area contributed by atoms with Gasteiger partial charge in [0, 0.05) is 13.0 Å². The van der Waals surface area contributed by atoms with Crippen LogP contribution >= 0.6 is 11.8 Å². The first-order chi connectivity index (χ1) is 35.9. The fourth-order valence-corrected chi connectivity index (χ4v) is 6.99. The Morgan fingerprint density at radius 1 is 0.532 bits per heavy atom. The molecular weight excluding hydrogens is 1050 g/mol. The van der Waals surface area contributed by atoms with Crippen molar-refractivity contribution >= 4 is 94.7 Å². The van der Waals surface area contributed by atoms with E-state index in [1.165, 1.54) is 25.6 Å². The molecule has 77 heavy (non-hydrogen) atoms. The molecule has 0 aliphatic carbocycles. The van der Waals surface area contributed by atoms with Crippen LogP contribution in [0.15, 0.2) is 4.99 Å². The molecule has 0 rings (SSSR count). The highest BCUT2D eigenvalue weighted by Gasteiger charge is 2.37. The number of hydrogen-bond acceptors (Lipinski definition) is 19. The van der Waals surface area contributed by atoms with E-state index in [0.717, 1.165) is 6.92 Å². The smallest absolute Gasteiger partial charge is 0.326 e. The number of nitrogens with zero attached hydrogens (tertiary/aromatic N) is 1. The molecule has 0 radical (unpaired) electrons. The number of carbonyl (C=O) groups excluding carboxylic acids is 10. The van der Waals surface area contributed by atoms with E-state index in [4.69, 9.17) is 33.1 Å². The van der Waals surface area contributed by atoms with Crippen molar-refractivity contribution in [2.45, 2.75) is 146 Å². The monoisotopic (exact) mass is 1120 g/mol. The maximum absolute atomic E-state index is 13.8. The quantitative estimate of drug-likeness (QED) is 0.0155. The van der Waals surface area contributed by atoms with Gasteiger partial charge in [-0.3, -0.25) is 62.5 Å². The van der Waals surface area contributed by atoms with Gasteiger partial charge in [0.1, 0.15) is 54.4 Å². The van der Waals surface area contributed by atoms with E-state index in [1.54, 1.807) is 13.2 Å². The molecular formula is C43H74N14O19S. The fourth-order valence-electron chi connectivity index (χ4n) is 6.52. The number of rotatable bonds is 38. The zero-order valence-corrected chi connectivity index (χ0v) is 43.9. The molecule has 34 heteroatoms. The lowest BCUT2D eigenvalue weighted by molar-refractivity contribution is -0.144. The zero-order valence-electron chi connectivity index (χ0n) is 43.1. The summed E-state index contributed by atoms with van der Waals surface area (Å²) in [6.45, 7) is 3.16. The van der Waals surface area contributed by atoms with Gasteiger partial charge >= 0.3 is 17.9 Å². The number of guanidine groups is 1. The summed E-state index contributed by atoms with van der Waals surface area (Å²) < 4.78 is 0. The summed E-state index contributed by atoms with van der Waals surface area (Å²) in [7, 11) is 0. The number of aliphatic imine (C=N–C) groups is 1. The van der Waals surface area contributed by atoms with Crippen LogP contribution < -0.4 is 70.8 Å². The zero-order chi connectivity index (χ0) is 59.3. The molecule has 12 atom stereocenters. The topological polar surface area (TPSA) is 568 Å². The highest BCUT2D eigenvalue weighted by atomic mass is 32.2. The Kier molecular flexibility index (Phi) is 32.3. The van der Waals surface area contributed by atoms with Gasteiger partial charge in [-0.2, -0.15) is 11.8 Å². The van der Waals surface area contributed by atoms with Crippen molar-refractivity contribution in [2.75, 3.05) is 31.8 Å². The van der Waals surface area contributed by atoms with E-state index >= 15 is 0 Å². The molecule has 10 amide bonds. The van der Waals surface area contributed by atoms with Gasteiger partial charge in [0.05, 0.1) is 38.2 Å². The van der Waals surface area contributed by atoms with Crippen LogP contribution in [0.2, 0.25) is 0 Å². The van der Waals surface area contributed by atoms with Gasteiger partial charge in [0.25, 0.3) is 0 Å². The Balaban J connectivity index is 6.36. The van der Waals surface area contributed by atoms with Crippen LogP contribution in [0, 0.1) is 5.92 Å². The van der Waals surface area contributed by atoms with Gasteiger partial charge in [-0.25, -0.2) is 4.79 Å². The van der Waals surface area contributed by atoms with Crippen molar-refractivity contribution in [2.24, 2.45) is 33.8 Å². The normalized spacial score (nSPS) is 15.6. The van der Waals surface area contributed by atoms with Gasteiger partial charge in [-0.05, 0) is 57.5 Å². The summed E-state index contributed by atoms with van der Waals surface area (Å²) in [5.74, 6) is -16.3. The average molecular weight is 1120 g/mol. The van der Waals surface area contributed by atoms with Crippen LogP contribution in [-0.2, 0) is 62.3 Å². The highest BCUT2D eigenvalue weighted by Crippen LogP contribution is 2.12. The number of carboxylic acid groups (broad SMARTS) is 3. The van der Waals surface area contributed by atoms with Gasteiger partial charge in [0.2, 0.25) is 59.1 Å².